The Hall–Kier alpha value is -3.73. The summed E-state index contributed by atoms with van der Waals surface area (Å²) >= 11 is 0. The Balaban J connectivity index is 2.08. The van der Waals surface area contributed by atoms with Gasteiger partial charge in [0.05, 0.1) is 31.0 Å². The van der Waals surface area contributed by atoms with Crippen LogP contribution in [-0.4, -0.2) is 32.1 Å². The van der Waals surface area contributed by atoms with Crippen LogP contribution >= 0.6 is 0 Å². The molecular weight excluding hydrogens is 362 g/mol. The molecule has 0 aromatic heterocycles. The van der Waals surface area contributed by atoms with Crippen molar-refractivity contribution < 1.29 is 23.8 Å². The number of methoxy groups -OCH3 is 1. The summed E-state index contributed by atoms with van der Waals surface area (Å²) in [6.07, 6.45) is 0. The van der Waals surface area contributed by atoms with E-state index in [2.05, 4.69) is 10.6 Å². The monoisotopic (exact) mass is 383 g/mol. The fraction of sp³-hybridized carbons (Fsp3) is 0.250. The maximum absolute atomic E-state index is 12.3. The number of benzene rings is 2. The molecule has 0 radical (unpaired) electrons. The summed E-state index contributed by atoms with van der Waals surface area (Å²) in [4.78, 5) is 23.5. The highest BCUT2D eigenvalue weighted by Crippen LogP contribution is 2.29. The van der Waals surface area contributed by atoms with E-state index in [-0.39, 0.29) is 12.5 Å². The summed E-state index contributed by atoms with van der Waals surface area (Å²) in [5.41, 5.74) is 1.35. The van der Waals surface area contributed by atoms with Crippen LogP contribution in [0.5, 0.6) is 17.2 Å². The zero-order valence-corrected chi connectivity index (χ0v) is 15.9. The van der Waals surface area contributed by atoms with E-state index < -0.39 is 5.91 Å². The van der Waals surface area contributed by atoms with Gasteiger partial charge in [0.25, 0.3) is 5.91 Å². The fourth-order valence-electron chi connectivity index (χ4n) is 2.38. The van der Waals surface area contributed by atoms with Crippen LogP contribution in [0.2, 0.25) is 0 Å². The second-order valence-electron chi connectivity index (χ2n) is 5.64. The number of carbonyl (C=O) groups is 2. The van der Waals surface area contributed by atoms with Gasteiger partial charge in [0.2, 0.25) is 5.91 Å². The number of hydrogen-bond acceptors (Lipinski definition) is 6. The molecule has 0 saturated carbocycles. The molecule has 0 aliphatic carbocycles. The molecule has 2 amide bonds. The molecule has 0 aliphatic rings. The van der Waals surface area contributed by atoms with E-state index in [1.807, 2.05) is 13.0 Å². The van der Waals surface area contributed by atoms with Crippen LogP contribution in [-0.2, 0) is 9.59 Å². The van der Waals surface area contributed by atoms with Gasteiger partial charge >= 0.3 is 0 Å². The first kappa shape index (κ1) is 20.6. The molecule has 0 saturated heterocycles. The summed E-state index contributed by atoms with van der Waals surface area (Å²) in [5.74, 6) is 0.533. The molecule has 28 heavy (non-hydrogen) atoms. The minimum absolute atomic E-state index is 0.227. The van der Waals surface area contributed by atoms with Gasteiger partial charge in [0, 0.05) is 18.7 Å². The van der Waals surface area contributed by atoms with Crippen molar-refractivity contribution in [3.05, 3.63) is 42.0 Å². The number of nitrogens with one attached hydrogen (secondary N) is 2. The smallest absolute Gasteiger partial charge is 0.262 e. The van der Waals surface area contributed by atoms with E-state index in [1.165, 1.54) is 14.0 Å². The van der Waals surface area contributed by atoms with Gasteiger partial charge in [-0.25, -0.2) is 0 Å². The third-order valence-electron chi connectivity index (χ3n) is 3.53. The van der Waals surface area contributed by atoms with E-state index in [0.717, 1.165) is 0 Å². The first-order valence-electron chi connectivity index (χ1n) is 8.52. The molecule has 2 aromatic carbocycles. The molecule has 8 heteroatoms. The van der Waals surface area contributed by atoms with Crippen LogP contribution in [0.4, 0.5) is 11.4 Å². The number of amides is 2. The van der Waals surface area contributed by atoms with E-state index in [4.69, 9.17) is 19.5 Å². The molecule has 2 N–H and O–H groups in total. The lowest BCUT2D eigenvalue weighted by molar-refractivity contribution is -0.118. The van der Waals surface area contributed by atoms with Crippen LogP contribution in [0, 0.1) is 11.3 Å². The third kappa shape index (κ3) is 5.64. The van der Waals surface area contributed by atoms with Crippen molar-refractivity contribution >= 4 is 23.2 Å². The zero-order chi connectivity index (χ0) is 20.5. The van der Waals surface area contributed by atoms with Crippen LogP contribution < -0.4 is 24.8 Å². The molecule has 0 heterocycles. The Morgan fingerprint density at radius 3 is 2.43 bits per heavy atom. The SMILES string of the molecule is CCOc1cc(C#N)ccc1OCC(=O)Nc1cc(NC(C)=O)ccc1OC. The fourth-order valence-corrected chi connectivity index (χ4v) is 2.38. The van der Waals surface area contributed by atoms with Gasteiger partial charge in [-0.15, -0.1) is 0 Å². The van der Waals surface area contributed by atoms with E-state index in [1.54, 1.807) is 36.4 Å². The van der Waals surface area contributed by atoms with Gasteiger partial charge in [0.15, 0.2) is 18.1 Å². The molecule has 8 nitrogen and oxygen atoms in total. The van der Waals surface area contributed by atoms with E-state index in [9.17, 15) is 9.59 Å². The van der Waals surface area contributed by atoms with Gasteiger partial charge in [-0.2, -0.15) is 5.26 Å². The van der Waals surface area contributed by atoms with Crippen molar-refractivity contribution in [2.45, 2.75) is 13.8 Å². The summed E-state index contributed by atoms with van der Waals surface area (Å²) in [7, 11) is 1.48. The number of carbonyl (C=O) groups excluding carboxylic acids is 2. The molecule has 2 rings (SSSR count). The highest BCUT2D eigenvalue weighted by atomic mass is 16.5. The van der Waals surface area contributed by atoms with Gasteiger partial charge in [-0.3, -0.25) is 9.59 Å². The molecule has 146 valence electrons. The predicted octanol–water partition coefficient (Wildman–Crippen LogP) is 2.94. The largest absolute Gasteiger partial charge is 0.495 e. The van der Waals surface area contributed by atoms with Gasteiger partial charge in [-0.1, -0.05) is 0 Å². The quantitative estimate of drug-likeness (QED) is 0.725. The lowest BCUT2D eigenvalue weighted by Crippen LogP contribution is -2.21. The Bertz CT molecular complexity index is 905. The number of hydrogen-bond donors (Lipinski definition) is 2. The average Bonchev–Trinajstić information content (AvgIpc) is 2.67. The number of ether oxygens (including phenoxy) is 3. The minimum Gasteiger partial charge on any atom is -0.495 e. The topological polar surface area (TPSA) is 110 Å². The maximum atomic E-state index is 12.3. The first-order chi connectivity index (χ1) is 13.5. The molecule has 2 aromatic rings. The molecule has 0 unspecified atom stereocenters. The molecular formula is C20H21N3O5. The molecule has 0 bridgehead atoms. The Kier molecular flexibility index (Phi) is 7.22. The van der Waals surface area contributed by atoms with Crippen molar-refractivity contribution in [2.24, 2.45) is 0 Å². The molecule has 0 fully saturated rings. The van der Waals surface area contributed by atoms with Crippen LogP contribution in [0.15, 0.2) is 36.4 Å². The first-order valence-corrected chi connectivity index (χ1v) is 8.52. The molecule has 0 aliphatic heterocycles. The number of anilines is 2. The summed E-state index contributed by atoms with van der Waals surface area (Å²) in [5, 5.41) is 14.3. The number of nitriles is 1. The third-order valence-corrected chi connectivity index (χ3v) is 3.53. The normalized spacial score (nSPS) is 9.79. The van der Waals surface area contributed by atoms with Crippen LogP contribution in [0.1, 0.15) is 19.4 Å². The van der Waals surface area contributed by atoms with Gasteiger partial charge in [0.1, 0.15) is 5.75 Å². The number of nitrogens with zero attached hydrogens (tertiary/aromatic N) is 1. The standard InChI is InChI=1S/C20H21N3O5/c1-4-27-19-9-14(11-21)5-7-18(19)28-12-20(25)23-16-10-15(22-13(2)24)6-8-17(16)26-3/h5-10H,4,12H2,1-3H3,(H,22,24)(H,23,25). The number of rotatable bonds is 8. The Morgan fingerprint density at radius 2 is 1.79 bits per heavy atom. The van der Waals surface area contributed by atoms with Crippen molar-refractivity contribution in [3.63, 3.8) is 0 Å². The summed E-state index contributed by atoms with van der Waals surface area (Å²) < 4.78 is 16.2. The summed E-state index contributed by atoms with van der Waals surface area (Å²) in [6, 6.07) is 11.6. The van der Waals surface area contributed by atoms with Crippen LogP contribution in [0.25, 0.3) is 0 Å². The minimum atomic E-state index is -0.426. The second kappa shape index (κ2) is 9.83. The molecule has 0 spiro atoms. The van der Waals surface area contributed by atoms with Crippen molar-refractivity contribution in [1.82, 2.24) is 0 Å². The maximum Gasteiger partial charge on any atom is 0.262 e. The lowest BCUT2D eigenvalue weighted by atomic mass is 10.2. The van der Waals surface area contributed by atoms with Gasteiger partial charge in [-0.05, 0) is 37.3 Å². The lowest BCUT2D eigenvalue weighted by Gasteiger charge is -2.14. The Labute approximate surface area is 163 Å². The van der Waals surface area contributed by atoms with Gasteiger partial charge < -0.3 is 24.8 Å². The van der Waals surface area contributed by atoms with E-state index in [0.29, 0.717) is 40.8 Å². The van der Waals surface area contributed by atoms with E-state index >= 15 is 0 Å². The zero-order valence-electron chi connectivity index (χ0n) is 15.9. The van der Waals surface area contributed by atoms with Crippen molar-refractivity contribution in [1.29, 1.82) is 5.26 Å². The highest BCUT2D eigenvalue weighted by molar-refractivity contribution is 5.95. The average molecular weight is 383 g/mol. The molecule has 0 atom stereocenters. The van der Waals surface area contributed by atoms with Crippen molar-refractivity contribution in [2.75, 3.05) is 31.0 Å². The van der Waals surface area contributed by atoms with Crippen LogP contribution in [0.3, 0.4) is 0 Å². The predicted molar refractivity (Wildman–Crippen MR) is 104 cm³/mol. The highest BCUT2D eigenvalue weighted by Gasteiger charge is 2.12. The summed E-state index contributed by atoms with van der Waals surface area (Å²) in [6.45, 7) is 3.32. The van der Waals surface area contributed by atoms with Crippen molar-refractivity contribution in [3.8, 4) is 23.3 Å². The second-order valence-corrected chi connectivity index (χ2v) is 5.64. The Morgan fingerprint density at radius 1 is 1.04 bits per heavy atom.